The van der Waals surface area contributed by atoms with E-state index in [1.165, 1.54) is 11.3 Å². The van der Waals surface area contributed by atoms with Gasteiger partial charge in [0.15, 0.2) is 0 Å². The van der Waals surface area contributed by atoms with Crippen LogP contribution in [0.25, 0.3) is 22.4 Å². The minimum Gasteiger partial charge on any atom is -0.489 e. The van der Waals surface area contributed by atoms with Gasteiger partial charge in [0.05, 0.1) is 15.6 Å². The maximum Gasteiger partial charge on any atom is 0.346 e. The number of aromatic nitrogens is 1. The van der Waals surface area contributed by atoms with Gasteiger partial charge in [0.1, 0.15) is 28.7 Å². The van der Waals surface area contributed by atoms with Crippen molar-refractivity contribution in [2.24, 2.45) is 0 Å². The van der Waals surface area contributed by atoms with Crippen LogP contribution in [-0.4, -0.2) is 16.2 Å². The van der Waals surface area contributed by atoms with Crippen molar-refractivity contribution in [1.29, 1.82) is 0 Å². The molecule has 4 aromatic rings. The number of carbonyl (C=O) groups is 1. The fourth-order valence-electron chi connectivity index (χ4n) is 3.92. The van der Waals surface area contributed by atoms with Crippen molar-refractivity contribution < 1.29 is 19.2 Å². The third-order valence-corrected chi connectivity index (χ3v) is 7.23. The minimum atomic E-state index is -0.925. The molecule has 5 nitrogen and oxygen atoms in total. The lowest BCUT2D eigenvalue weighted by atomic mass is 10.0. The third kappa shape index (κ3) is 4.26. The monoisotopic (exact) mass is 499 g/mol. The molecular formula is C25H19Cl2NO4S. The van der Waals surface area contributed by atoms with E-state index in [1.807, 2.05) is 31.2 Å². The van der Waals surface area contributed by atoms with Gasteiger partial charge in [-0.05, 0) is 66.6 Å². The van der Waals surface area contributed by atoms with Crippen LogP contribution in [0.15, 0.2) is 52.4 Å². The molecule has 0 amide bonds. The molecule has 2 aromatic carbocycles. The van der Waals surface area contributed by atoms with Crippen LogP contribution >= 0.6 is 34.5 Å². The highest BCUT2D eigenvalue weighted by Crippen LogP contribution is 2.46. The quantitative estimate of drug-likeness (QED) is 0.280. The van der Waals surface area contributed by atoms with E-state index in [1.54, 1.807) is 23.6 Å². The molecule has 1 N–H and O–H groups in total. The topological polar surface area (TPSA) is 72.6 Å². The van der Waals surface area contributed by atoms with Gasteiger partial charge in [-0.3, -0.25) is 0 Å². The molecule has 0 unspecified atom stereocenters. The van der Waals surface area contributed by atoms with E-state index >= 15 is 0 Å². The van der Waals surface area contributed by atoms with Crippen LogP contribution in [0, 0.1) is 6.92 Å². The Labute approximate surface area is 204 Å². The number of carboxylic acid groups (broad SMARTS) is 1. The first-order valence-corrected chi connectivity index (χ1v) is 12.0. The van der Waals surface area contributed by atoms with E-state index in [0.29, 0.717) is 43.4 Å². The molecule has 5 rings (SSSR count). The van der Waals surface area contributed by atoms with Crippen LogP contribution in [0.3, 0.4) is 0 Å². The van der Waals surface area contributed by atoms with Crippen LogP contribution in [0.4, 0.5) is 0 Å². The summed E-state index contributed by atoms with van der Waals surface area (Å²) in [4.78, 5) is 11.8. The van der Waals surface area contributed by atoms with Crippen LogP contribution in [-0.2, 0) is 6.61 Å². The number of aryl methyl sites for hydroxylation is 1. The van der Waals surface area contributed by atoms with E-state index in [9.17, 15) is 9.90 Å². The molecule has 0 spiro atoms. The van der Waals surface area contributed by atoms with Crippen LogP contribution in [0.1, 0.15) is 45.3 Å². The number of aromatic carboxylic acids is 1. The van der Waals surface area contributed by atoms with Crippen molar-refractivity contribution in [3.05, 3.63) is 79.7 Å². The second kappa shape index (κ2) is 8.86. The summed E-state index contributed by atoms with van der Waals surface area (Å²) >= 11 is 14.1. The maximum atomic E-state index is 11.5. The molecule has 2 aromatic heterocycles. The fraction of sp³-hybridized carbons (Fsp3) is 0.200. The van der Waals surface area contributed by atoms with Crippen molar-refractivity contribution >= 4 is 40.5 Å². The van der Waals surface area contributed by atoms with Crippen LogP contribution in [0.5, 0.6) is 5.75 Å². The standard InChI is InChI=1S/C25H19Cl2NO4S/c1-13-11-15(7-8-16(13)17-9-10-33-24(17)25(29)30)31-12-18-22(28-32-23(18)14-5-6-14)21-19(26)3-2-4-20(21)27/h2-4,7-11,14H,5-6,12H2,1H3,(H,29,30). The van der Waals surface area contributed by atoms with Crippen LogP contribution < -0.4 is 4.74 Å². The number of benzene rings is 2. The lowest BCUT2D eigenvalue weighted by molar-refractivity contribution is 0.0703. The van der Waals surface area contributed by atoms with Gasteiger partial charge in [0.25, 0.3) is 0 Å². The zero-order valence-corrected chi connectivity index (χ0v) is 19.9. The zero-order chi connectivity index (χ0) is 23.1. The van der Waals surface area contributed by atoms with E-state index < -0.39 is 5.97 Å². The summed E-state index contributed by atoms with van der Waals surface area (Å²) in [6, 6.07) is 12.8. The third-order valence-electron chi connectivity index (χ3n) is 5.70. The summed E-state index contributed by atoms with van der Waals surface area (Å²) in [6.45, 7) is 2.19. The van der Waals surface area contributed by atoms with E-state index in [4.69, 9.17) is 32.5 Å². The predicted octanol–water partition coefficient (Wildman–Crippen LogP) is 7.84. The first kappa shape index (κ1) is 22.0. The molecule has 33 heavy (non-hydrogen) atoms. The number of ether oxygens (including phenoxy) is 1. The number of nitrogens with zero attached hydrogens (tertiary/aromatic N) is 1. The average molecular weight is 500 g/mol. The summed E-state index contributed by atoms with van der Waals surface area (Å²) in [7, 11) is 0. The molecule has 1 fully saturated rings. The number of halogens is 2. The van der Waals surface area contributed by atoms with Gasteiger partial charge in [-0.1, -0.05) is 40.5 Å². The molecule has 0 radical (unpaired) electrons. The summed E-state index contributed by atoms with van der Waals surface area (Å²) in [6.07, 6.45) is 2.11. The molecule has 1 aliphatic carbocycles. The maximum absolute atomic E-state index is 11.5. The number of rotatable bonds is 7. The van der Waals surface area contributed by atoms with E-state index in [0.717, 1.165) is 35.3 Å². The summed E-state index contributed by atoms with van der Waals surface area (Å²) in [5, 5.41) is 16.5. The van der Waals surface area contributed by atoms with Crippen LogP contribution in [0.2, 0.25) is 10.0 Å². The fourth-order valence-corrected chi connectivity index (χ4v) is 5.24. The highest BCUT2D eigenvalue weighted by atomic mass is 35.5. The Morgan fingerprint density at radius 3 is 2.61 bits per heavy atom. The number of thiophene rings is 1. The first-order valence-electron chi connectivity index (χ1n) is 10.4. The molecule has 8 heteroatoms. The van der Waals surface area contributed by atoms with Crippen molar-refractivity contribution in [2.45, 2.75) is 32.3 Å². The number of hydrogen-bond donors (Lipinski definition) is 1. The van der Waals surface area contributed by atoms with Crippen molar-refractivity contribution in [2.75, 3.05) is 0 Å². The highest BCUT2D eigenvalue weighted by molar-refractivity contribution is 7.12. The van der Waals surface area contributed by atoms with Crippen molar-refractivity contribution in [3.63, 3.8) is 0 Å². The normalized spacial score (nSPS) is 13.3. The molecule has 0 saturated heterocycles. The van der Waals surface area contributed by atoms with Gasteiger partial charge in [-0.15, -0.1) is 11.3 Å². The minimum absolute atomic E-state index is 0.254. The Kier molecular flexibility index (Phi) is 5.91. The lowest BCUT2D eigenvalue weighted by Gasteiger charge is -2.12. The second-order valence-corrected chi connectivity index (χ2v) is 9.71. The highest BCUT2D eigenvalue weighted by Gasteiger charge is 2.33. The second-order valence-electron chi connectivity index (χ2n) is 7.98. The molecule has 2 heterocycles. The van der Waals surface area contributed by atoms with Gasteiger partial charge >= 0.3 is 5.97 Å². The molecule has 1 saturated carbocycles. The molecule has 0 atom stereocenters. The summed E-state index contributed by atoms with van der Waals surface area (Å²) < 4.78 is 11.8. The smallest absolute Gasteiger partial charge is 0.346 e. The molecule has 168 valence electrons. The van der Waals surface area contributed by atoms with Crippen molar-refractivity contribution in [3.8, 4) is 28.1 Å². The largest absolute Gasteiger partial charge is 0.489 e. The average Bonchev–Trinajstić information content (AvgIpc) is 3.35. The zero-order valence-electron chi connectivity index (χ0n) is 17.6. The molecular weight excluding hydrogens is 481 g/mol. The summed E-state index contributed by atoms with van der Waals surface area (Å²) in [5.74, 6) is 0.898. The Bertz CT molecular complexity index is 1340. The number of carboxylic acids is 1. The van der Waals surface area contributed by atoms with E-state index in [-0.39, 0.29) is 6.61 Å². The van der Waals surface area contributed by atoms with E-state index in [2.05, 4.69) is 5.16 Å². The Morgan fingerprint density at radius 2 is 1.94 bits per heavy atom. The lowest BCUT2D eigenvalue weighted by Crippen LogP contribution is -2.01. The van der Waals surface area contributed by atoms with Gasteiger partial charge < -0.3 is 14.4 Å². The Balaban J connectivity index is 1.44. The molecule has 0 bridgehead atoms. The first-order chi connectivity index (χ1) is 15.9. The SMILES string of the molecule is Cc1cc(OCc2c(-c3c(Cl)cccc3Cl)noc2C2CC2)ccc1-c1ccsc1C(=O)O. The molecule has 0 aliphatic heterocycles. The van der Waals surface area contributed by atoms with Gasteiger partial charge in [0.2, 0.25) is 0 Å². The number of hydrogen-bond acceptors (Lipinski definition) is 5. The Hall–Kier alpha value is -2.80. The van der Waals surface area contributed by atoms with Gasteiger partial charge in [-0.2, -0.15) is 0 Å². The van der Waals surface area contributed by atoms with Gasteiger partial charge in [0, 0.05) is 17.0 Å². The van der Waals surface area contributed by atoms with Crippen molar-refractivity contribution in [1.82, 2.24) is 5.16 Å². The summed E-state index contributed by atoms with van der Waals surface area (Å²) in [5.41, 5.74) is 4.59. The predicted molar refractivity (Wildman–Crippen MR) is 130 cm³/mol. The van der Waals surface area contributed by atoms with Gasteiger partial charge in [-0.25, -0.2) is 4.79 Å². The Morgan fingerprint density at radius 1 is 1.18 bits per heavy atom. The molecule has 1 aliphatic rings.